The monoisotopic (exact) mass is 278 g/mol. The highest BCUT2D eigenvalue weighted by molar-refractivity contribution is 5.92. The first-order valence-corrected chi connectivity index (χ1v) is 7.51. The highest BCUT2D eigenvalue weighted by atomic mass is 16.3. The van der Waals surface area contributed by atoms with Crippen LogP contribution >= 0.6 is 0 Å². The summed E-state index contributed by atoms with van der Waals surface area (Å²) in [6, 6.07) is 0. The second-order valence-electron chi connectivity index (χ2n) is 5.51. The van der Waals surface area contributed by atoms with Crippen molar-refractivity contribution >= 4 is 5.91 Å². The van der Waals surface area contributed by atoms with E-state index in [1.54, 1.807) is 0 Å². The van der Waals surface area contributed by atoms with Crippen molar-refractivity contribution < 1.29 is 9.21 Å². The van der Waals surface area contributed by atoms with Crippen LogP contribution in [0.25, 0.3) is 0 Å². The number of piperidine rings is 1. The van der Waals surface area contributed by atoms with E-state index in [9.17, 15) is 4.79 Å². The van der Waals surface area contributed by atoms with Crippen molar-refractivity contribution in [3.8, 4) is 0 Å². The fourth-order valence-corrected chi connectivity index (χ4v) is 2.85. The molecule has 0 aromatic carbocycles. The van der Waals surface area contributed by atoms with E-state index in [2.05, 4.69) is 15.6 Å². The Morgan fingerprint density at radius 1 is 1.25 bits per heavy atom. The molecular weight excluding hydrogens is 256 g/mol. The second kappa shape index (κ2) is 6.37. The number of rotatable bonds is 2. The van der Waals surface area contributed by atoms with E-state index in [1.165, 1.54) is 6.26 Å². The van der Waals surface area contributed by atoms with Crippen LogP contribution < -0.4 is 10.6 Å². The summed E-state index contributed by atoms with van der Waals surface area (Å²) >= 11 is 0. The van der Waals surface area contributed by atoms with Crippen molar-refractivity contribution in [2.45, 2.75) is 25.2 Å². The molecule has 110 valence electrons. The molecule has 3 rings (SSSR count). The molecule has 2 N–H and O–H groups in total. The number of nitrogens with one attached hydrogen (secondary N) is 2. The van der Waals surface area contributed by atoms with Crippen LogP contribution in [0.1, 0.15) is 41.6 Å². The van der Waals surface area contributed by atoms with E-state index < -0.39 is 0 Å². The van der Waals surface area contributed by atoms with Gasteiger partial charge in [-0.15, -0.1) is 0 Å². The Morgan fingerprint density at radius 2 is 2.15 bits per heavy atom. The number of amides is 1. The van der Waals surface area contributed by atoms with Crippen molar-refractivity contribution in [1.29, 1.82) is 0 Å². The third-order valence-corrected chi connectivity index (χ3v) is 4.01. The minimum Gasteiger partial charge on any atom is -0.448 e. The SMILES string of the molecule is O=C(c1coc(C2CCCNC2)n1)N1CCCNCC1. The molecule has 2 aliphatic rings. The van der Waals surface area contributed by atoms with Crippen LogP contribution in [0.4, 0.5) is 0 Å². The second-order valence-corrected chi connectivity index (χ2v) is 5.51. The van der Waals surface area contributed by atoms with E-state index in [4.69, 9.17) is 4.42 Å². The molecule has 2 aliphatic heterocycles. The fourth-order valence-electron chi connectivity index (χ4n) is 2.85. The molecule has 6 nitrogen and oxygen atoms in total. The maximum absolute atomic E-state index is 12.4. The van der Waals surface area contributed by atoms with E-state index in [1.807, 2.05) is 4.90 Å². The molecule has 1 atom stereocenters. The molecule has 0 aliphatic carbocycles. The molecule has 0 saturated carbocycles. The zero-order valence-corrected chi connectivity index (χ0v) is 11.7. The minimum absolute atomic E-state index is 0.00697. The molecule has 0 radical (unpaired) electrons. The summed E-state index contributed by atoms with van der Waals surface area (Å²) in [6.07, 6.45) is 4.72. The molecular formula is C14H22N4O2. The van der Waals surface area contributed by atoms with Gasteiger partial charge in [-0.05, 0) is 32.4 Å². The van der Waals surface area contributed by atoms with Crippen LogP contribution in [-0.4, -0.2) is 55.1 Å². The highest BCUT2D eigenvalue weighted by Crippen LogP contribution is 2.22. The Hall–Kier alpha value is -1.40. The Bertz CT molecular complexity index is 446. The van der Waals surface area contributed by atoms with Crippen LogP contribution in [0.15, 0.2) is 10.7 Å². The third kappa shape index (κ3) is 3.02. The highest BCUT2D eigenvalue weighted by Gasteiger charge is 2.24. The summed E-state index contributed by atoms with van der Waals surface area (Å²) in [5.41, 5.74) is 0.451. The summed E-state index contributed by atoms with van der Waals surface area (Å²) in [7, 11) is 0. The molecule has 2 saturated heterocycles. The molecule has 0 spiro atoms. The van der Waals surface area contributed by atoms with E-state index in [0.717, 1.165) is 58.5 Å². The largest absolute Gasteiger partial charge is 0.448 e. The van der Waals surface area contributed by atoms with E-state index in [-0.39, 0.29) is 5.91 Å². The molecule has 1 unspecified atom stereocenters. The third-order valence-electron chi connectivity index (χ3n) is 4.01. The number of nitrogens with zero attached hydrogens (tertiary/aromatic N) is 2. The Kier molecular flexibility index (Phi) is 4.32. The van der Waals surface area contributed by atoms with Crippen molar-refractivity contribution in [2.24, 2.45) is 0 Å². The quantitative estimate of drug-likeness (QED) is 0.828. The zero-order valence-electron chi connectivity index (χ0n) is 11.7. The van der Waals surface area contributed by atoms with Gasteiger partial charge in [-0.3, -0.25) is 4.79 Å². The molecule has 2 fully saturated rings. The number of carbonyl (C=O) groups excluding carboxylic acids is 1. The van der Waals surface area contributed by atoms with Crippen molar-refractivity contribution in [3.63, 3.8) is 0 Å². The van der Waals surface area contributed by atoms with Gasteiger partial charge in [0.1, 0.15) is 6.26 Å². The average molecular weight is 278 g/mol. The lowest BCUT2D eigenvalue weighted by molar-refractivity contribution is 0.0760. The van der Waals surface area contributed by atoms with Gasteiger partial charge in [0.05, 0.1) is 0 Å². The van der Waals surface area contributed by atoms with Crippen LogP contribution in [-0.2, 0) is 0 Å². The molecule has 1 aromatic rings. The normalized spacial score (nSPS) is 24.4. The van der Waals surface area contributed by atoms with Crippen molar-refractivity contribution in [1.82, 2.24) is 20.5 Å². The Morgan fingerprint density at radius 3 is 3.00 bits per heavy atom. The van der Waals surface area contributed by atoms with Gasteiger partial charge in [0, 0.05) is 32.1 Å². The smallest absolute Gasteiger partial charge is 0.275 e. The summed E-state index contributed by atoms with van der Waals surface area (Å²) in [5, 5.41) is 6.63. The lowest BCUT2D eigenvalue weighted by Crippen LogP contribution is -2.34. The first-order valence-electron chi connectivity index (χ1n) is 7.51. The van der Waals surface area contributed by atoms with Gasteiger partial charge in [0.25, 0.3) is 5.91 Å². The van der Waals surface area contributed by atoms with Gasteiger partial charge in [0.15, 0.2) is 11.6 Å². The predicted octanol–water partition coefficient (Wildman–Crippen LogP) is 0.577. The maximum Gasteiger partial charge on any atom is 0.275 e. The maximum atomic E-state index is 12.4. The average Bonchev–Trinajstić information content (AvgIpc) is 2.83. The van der Waals surface area contributed by atoms with Gasteiger partial charge in [-0.1, -0.05) is 0 Å². The zero-order chi connectivity index (χ0) is 13.8. The molecule has 6 heteroatoms. The van der Waals surface area contributed by atoms with Gasteiger partial charge < -0.3 is 20.0 Å². The Balaban J connectivity index is 1.67. The lowest BCUT2D eigenvalue weighted by atomic mass is 10.00. The predicted molar refractivity (Wildman–Crippen MR) is 74.7 cm³/mol. The van der Waals surface area contributed by atoms with Gasteiger partial charge in [-0.2, -0.15) is 0 Å². The standard InChI is InChI=1S/C14H22N4O2/c19-14(18-7-2-5-15-6-8-18)12-10-20-13(17-12)11-3-1-4-16-9-11/h10-11,15-16H,1-9H2. The molecule has 20 heavy (non-hydrogen) atoms. The van der Waals surface area contributed by atoms with Crippen LogP contribution in [0, 0.1) is 0 Å². The molecule has 3 heterocycles. The molecule has 1 aromatic heterocycles. The summed E-state index contributed by atoms with van der Waals surface area (Å²) in [6.45, 7) is 5.31. The first kappa shape index (κ1) is 13.6. The molecule has 0 bridgehead atoms. The van der Waals surface area contributed by atoms with Crippen LogP contribution in [0.3, 0.4) is 0 Å². The Labute approximate surface area is 118 Å². The van der Waals surface area contributed by atoms with Crippen LogP contribution in [0.5, 0.6) is 0 Å². The first-order chi connectivity index (χ1) is 9.84. The van der Waals surface area contributed by atoms with Gasteiger partial charge in [0.2, 0.25) is 0 Å². The summed E-state index contributed by atoms with van der Waals surface area (Å²) in [5.74, 6) is 0.997. The topological polar surface area (TPSA) is 70.4 Å². The fraction of sp³-hybridized carbons (Fsp3) is 0.714. The van der Waals surface area contributed by atoms with Crippen LogP contribution in [0.2, 0.25) is 0 Å². The number of oxazole rings is 1. The lowest BCUT2D eigenvalue weighted by Gasteiger charge is -2.19. The summed E-state index contributed by atoms with van der Waals surface area (Å²) < 4.78 is 5.53. The number of hydrogen-bond acceptors (Lipinski definition) is 5. The van der Waals surface area contributed by atoms with Gasteiger partial charge >= 0.3 is 0 Å². The number of carbonyl (C=O) groups is 1. The van der Waals surface area contributed by atoms with E-state index in [0.29, 0.717) is 17.5 Å². The summed E-state index contributed by atoms with van der Waals surface area (Å²) in [4.78, 5) is 18.7. The minimum atomic E-state index is -0.00697. The van der Waals surface area contributed by atoms with Crippen molar-refractivity contribution in [3.05, 3.63) is 17.8 Å². The van der Waals surface area contributed by atoms with E-state index >= 15 is 0 Å². The number of aromatic nitrogens is 1. The number of hydrogen-bond donors (Lipinski definition) is 2. The van der Waals surface area contributed by atoms with Crippen molar-refractivity contribution in [2.75, 3.05) is 39.3 Å². The van der Waals surface area contributed by atoms with Gasteiger partial charge in [-0.25, -0.2) is 4.98 Å². The molecule has 1 amide bonds.